The molecule has 35 heavy (non-hydrogen) atoms. The maximum absolute atomic E-state index is 14.5. The smallest absolute Gasteiger partial charge is 0.383 e. The van der Waals surface area contributed by atoms with E-state index in [1.807, 2.05) is 6.07 Å². The molecular formula is C24H28F3N3O5. The number of aliphatic hydroxyl groups is 1. The van der Waals surface area contributed by atoms with Gasteiger partial charge in [-0.25, -0.2) is 0 Å². The van der Waals surface area contributed by atoms with E-state index < -0.39 is 23.2 Å². The number of nitro groups is 1. The summed E-state index contributed by atoms with van der Waals surface area (Å²) in [6.45, 7) is 0.0339. The molecule has 0 radical (unpaired) electrons. The van der Waals surface area contributed by atoms with E-state index in [-0.39, 0.29) is 55.0 Å². The molecule has 8 nitrogen and oxygen atoms in total. The molecule has 0 spiro atoms. The van der Waals surface area contributed by atoms with Gasteiger partial charge < -0.3 is 19.1 Å². The van der Waals surface area contributed by atoms with Crippen molar-refractivity contribution in [2.75, 3.05) is 47.1 Å². The summed E-state index contributed by atoms with van der Waals surface area (Å²) < 4.78 is 55.1. The van der Waals surface area contributed by atoms with Crippen LogP contribution in [-0.4, -0.2) is 72.7 Å². The Kier molecular flexibility index (Phi) is 8.49. The Balaban J connectivity index is 2.15. The quantitative estimate of drug-likeness (QED) is 0.302. The van der Waals surface area contributed by atoms with E-state index >= 15 is 0 Å². The van der Waals surface area contributed by atoms with Crippen LogP contribution in [-0.2, 0) is 21.6 Å². The number of ether oxygens (including phenoxy) is 2. The molecule has 0 fully saturated rings. The van der Waals surface area contributed by atoms with Gasteiger partial charge in [0.2, 0.25) is 5.60 Å². The molecule has 1 unspecified atom stereocenters. The van der Waals surface area contributed by atoms with E-state index in [0.29, 0.717) is 0 Å². The minimum absolute atomic E-state index is 0.0878. The minimum Gasteiger partial charge on any atom is -0.383 e. The third kappa shape index (κ3) is 5.99. The third-order valence-electron chi connectivity index (χ3n) is 5.86. The Bertz CT molecular complexity index is 1130. The predicted octanol–water partition coefficient (Wildman–Crippen LogP) is 3.94. The third-order valence-corrected chi connectivity index (χ3v) is 5.86. The minimum atomic E-state index is -5.03. The molecule has 11 heteroatoms. The number of hydrogen-bond donors (Lipinski definition) is 1. The molecule has 1 N–H and O–H groups in total. The highest BCUT2D eigenvalue weighted by molar-refractivity contribution is 5.87. The van der Waals surface area contributed by atoms with Gasteiger partial charge in [-0.3, -0.25) is 15.0 Å². The van der Waals surface area contributed by atoms with Gasteiger partial charge in [0.15, 0.2) is 0 Å². The van der Waals surface area contributed by atoms with Gasteiger partial charge in [0.1, 0.15) is 0 Å². The zero-order chi connectivity index (χ0) is 25.6. The standard InChI is InChI=1S/C24H28F3N3O5/c1-34-12-10-28(11-13-35-2)17-23(31,24(25,26)27)21-16-29(15-18-6-4-3-5-7-18)22-14-19(30(32)33)8-9-20(21)22/h3-9,14,16,31H,10-13,15,17H2,1-2H3. The molecule has 1 heterocycles. The van der Waals surface area contributed by atoms with Crippen LogP contribution in [0.2, 0.25) is 0 Å². The number of nitrogens with zero attached hydrogens (tertiary/aromatic N) is 3. The van der Waals surface area contributed by atoms with Crippen molar-refractivity contribution in [1.82, 2.24) is 9.47 Å². The molecule has 2 aromatic carbocycles. The van der Waals surface area contributed by atoms with Gasteiger partial charge in [0, 0.05) is 69.7 Å². The summed E-state index contributed by atoms with van der Waals surface area (Å²) in [4.78, 5) is 12.2. The number of nitro benzene ring substituents is 1. The van der Waals surface area contributed by atoms with E-state index in [2.05, 4.69) is 0 Å². The fraction of sp³-hybridized carbons (Fsp3) is 0.417. The molecule has 3 rings (SSSR count). The summed E-state index contributed by atoms with van der Waals surface area (Å²) in [5.41, 5.74) is -2.86. The van der Waals surface area contributed by atoms with E-state index in [9.17, 15) is 28.4 Å². The number of aromatic nitrogens is 1. The highest BCUT2D eigenvalue weighted by atomic mass is 19.4. The van der Waals surface area contributed by atoms with Gasteiger partial charge in [-0.2, -0.15) is 13.2 Å². The highest BCUT2D eigenvalue weighted by Crippen LogP contribution is 2.43. The average molecular weight is 495 g/mol. The van der Waals surface area contributed by atoms with Crippen LogP contribution in [0.1, 0.15) is 11.1 Å². The predicted molar refractivity (Wildman–Crippen MR) is 124 cm³/mol. The van der Waals surface area contributed by atoms with Crippen LogP contribution >= 0.6 is 0 Å². The lowest BCUT2D eigenvalue weighted by atomic mass is 9.91. The molecular weight excluding hydrogens is 467 g/mol. The molecule has 0 aliphatic heterocycles. The Hall–Kier alpha value is -2.99. The van der Waals surface area contributed by atoms with Gasteiger partial charge in [-0.15, -0.1) is 0 Å². The first kappa shape index (κ1) is 26.6. The van der Waals surface area contributed by atoms with Crippen molar-refractivity contribution in [3.05, 3.63) is 76.0 Å². The van der Waals surface area contributed by atoms with Gasteiger partial charge in [-0.05, 0) is 11.6 Å². The molecule has 0 aliphatic rings. The molecule has 0 aliphatic carbocycles. The monoisotopic (exact) mass is 495 g/mol. The van der Waals surface area contributed by atoms with Crippen LogP contribution in [0, 0.1) is 10.1 Å². The molecule has 0 saturated heterocycles. The largest absolute Gasteiger partial charge is 0.422 e. The molecule has 3 aromatic rings. The fourth-order valence-corrected chi connectivity index (χ4v) is 4.00. The first-order chi connectivity index (χ1) is 16.6. The Morgan fingerprint density at radius 2 is 1.69 bits per heavy atom. The zero-order valence-corrected chi connectivity index (χ0v) is 19.5. The molecule has 0 bridgehead atoms. The van der Waals surface area contributed by atoms with Crippen LogP contribution in [0.5, 0.6) is 0 Å². The lowest BCUT2D eigenvalue weighted by Gasteiger charge is -2.35. The Morgan fingerprint density at radius 3 is 2.23 bits per heavy atom. The second kappa shape index (κ2) is 11.2. The second-order valence-electron chi connectivity index (χ2n) is 8.23. The maximum atomic E-state index is 14.5. The number of rotatable bonds is 12. The lowest BCUT2D eigenvalue weighted by Crippen LogP contribution is -2.52. The number of halogens is 3. The van der Waals surface area contributed by atoms with Crippen LogP contribution < -0.4 is 0 Å². The van der Waals surface area contributed by atoms with E-state index in [1.54, 1.807) is 24.3 Å². The van der Waals surface area contributed by atoms with E-state index in [1.165, 1.54) is 42.0 Å². The second-order valence-corrected chi connectivity index (χ2v) is 8.23. The summed E-state index contributed by atoms with van der Waals surface area (Å²) in [7, 11) is 2.88. The van der Waals surface area contributed by atoms with Gasteiger partial charge in [0.05, 0.1) is 23.7 Å². The average Bonchev–Trinajstić information content (AvgIpc) is 3.18. The van der Waals surface area contributed by atoms with Crippen LogP contribution in [0.15, 0.2) is 54.7 Å². The Morgan fingerprint density at radius 1 is 1.06 bits per heavy atom. The van der Waals surface area contributed by atoms with E-state index in [0.717, 1.165) is 11.6 Å². The fourth-order valence-electron chi connectivity index (χ4n) is 4.00. The summed E-state index contributed by atoms with van der Waals surface area (Å²) in [5.74, 6) is 0. The van der Waals surface area contributed by atoms with Crippen molar-refractivity contribution < 1.29 is 32.7 Å². The summed E-state index contributed by atoms with van der Waals surface area (Å²) >= 11 is 0. The van der Waals surface area contributed by atoms with Crippen LogP contribution in [0.3, 0.4) is 0 Å². The maximum Gasteiger partial charge on any atom is 0.422 e. The number of fused-ring (bicyclic) bond motifs is 1. The van der Waals surface area contributed by atoms with Crippen LogP contribution in [0.4, 0.5) is 18.9 Å². The summed E-state index contributed by atoms with van der Waals surface area (Å²) in [6.07, 6.45) is -3.79. The summed E-state index contributed by atoms with van der Waals surface area (Å²) in [5, 5.41) is 22.7. The SMILES string of the molecule is COCCN(CCOC)CC(O)(c1cn(Cc2ccccc2)c2cc([N+](=O)[O-])ccc12)C(F)(F)F. The number of methoxy groups -OCH3 is 2. The molecule has 190 valence electrons. The van der Waals surface area contributed by atoms with Crippen molar-refractivity contribution in [3.63, 3.8) is 0 Å². The lowest BCUT2D eigenvalue weighted by molar-refractivity contribution is -0.384. The molecule has 0 amide bonds. The van der Waals surface area contributed by atoms with Crippen LogP contribution in [0.25, 0.3) is 10.9 Å². The van der Waals surface area contributed by atoms with Crippen molar-refractivity contribution in [2.24, 2.45) is 0 Å². The number of non-ortho nitro benzene ring substituents is 1. The number of alkyl halides is 3. The first-order valence-corrected chi connectivity index (χ1v) is 10.9. The molecule has 0 saturated carbocycles. The highest BCUT2D eigenvalue weighted by Gasteiger charge is 2.57. The van der Waals surface area contributed by atoms with Gasteiger partial charge >= 0.3 is 6.18 Å². The topological polar surface area (TPSA) is 90.0 Å². The first-order valence-electron chi connectivity index (χ1n) is 10.9. The number of benzene rings is 2. The molecule has 1 atom stereocenters. The van der Waals surface area contributed by atoms with Gasteiger partial charge in [0.25, 0.3) is 5.69 Å². The number of hydrogen-bond acceptors (Lipinski definition) is 6. The van der Waals surface area contributed by atoms with E-state index in [4.69, 9.17) is 9.47 Å². The van der Waals surface area contributed by atoms with Crippen molar-refractivity contribution in [2.45, 2.75) is 18.3 Å². The zero-order valence-electron chi connectivity index (χ0n) is 19.5. The van der Waals surface area contributed by atoms with Crippen molar-refractivity contribution in [1.29, 1.82) is 0 Å². The normalized spacial score (nSPS) is 13.9. The van der Waals surface area contributed by atoms with Crippen molar-refractivity contribution >= 4 is 16.6 Å². The summed E-state index contributed by atoms with van der Waals surface area (Å²) in [6, 6.07) is 12.6. The van der Waals surface area contributed by atoms with Gasteiger partial charge in [-0.1, -0.05) is 30.3 Å². The Labute approximate surface area is 200 Å². The van der Waals surface area contributed by atoms with Crippen molar-refractivity contribution in [3.8, 4) is 0 Å². The molecule has 1 aromatic heterocycles.